The Morgan fingerprint density at radius 1 is 1.57 bits per heavy atom. The van der Waals surface area contributed by atoms with E-state index in [1.807, 2.05) is 0 Å². The predicted octanol–water partition coefficient (Wildman–Crippen LogP) is -0.0741. The van der Waals surface area contributed by atoms with Crippen LogP contribution in [0.15, 0.2) is 10.6 Å². The molecular formula is C7H9N3O3S. The number of rotatable bonds is 3. The zero-order valence-electron chi connectivity index (χ0n) is 7.66. The van der Waals surface area contributed by atoms with Gasteiger partial charge in [0.1, 0.15) is 11.1 Å². The van der Waals surface area contributed by atoms with Crippen LogP contribution in [-0.4, -0.2) is 25.4 Å². The van der Waals surface area contributed by atoms with Crippen LogP contribution in [-0.2, 0) is 9.53 Å². The van der Waals surface area contributed by atoms with Crippen molar-refractivity contribution in [1.29, 1.82) is 5.26 Å². The molecule has 0 radical (unpaired) electrons. The van der Waals surface area contributed by atoms with E-state index in [0.717, 1.165) is 18.9 Å². The van der Waals surface area contributed by atoms with Crippen molar-refractivity contribution in [2.75, 3.05) is 13.4 Å². The van der Waals surface area contributed by atoms with Crippen LogP contribution in [0.1, 0.15) is 0 Å². The zero-order chi connectivity index (χ0) is 11.1. The number of carbonyl (C=O) groups is 2. The summed E-state index contributed by atoms with van der Waals surface area (Å²) in [7, 11) is 1.14. The molecule has 0 spiro atoms. The van der Waals surface area contributed by atoms with E-state index in [2.05, 4.69) is 10.1 Å². The first-order valence-corrected chi connectivity index (χ1v) is 4.62. The largest absolute Gasteiger partial charge is 0.465 e. The van der Waals surface area contributed by atoms with Crippen LogP contribution in [0.5, 0.6) is 0 Å². The van der Waals surface area contributed by atoms with Crippen molar-refractivity contribution in [3.8, 4) is 6.07 Å². The van der Waals surface area contributed by atoms with E-state index in [-0.39, 0.29) is 10.6 Å². The van der Waals surface area contributed by atoms with Crippen molar-refractivity contribution in [2.24, 2.45) is 5.73 Å². The second kappa shape index (κ2) is 5.88. The lowest BCUT2D eigenvalue weighted by atomic mass is 10.3. The van der Waals surface area contributed by atoms with Gasteiger partial charge in [-0.3, -0.25) is 0 Å². The third-order valence-corrected chi connectivity index (χ3v) is 1.88. The molecule has 0 aromatic rings. The van der Waals surface area contributed by atoms with Crippen LogP contribution in [0, 0.1) is 11.3 Å². The number of nitrogens with zero attached hydrogens (tertiary/aromatic N) is 1. The smallest absolute Gasteiger partial charge is 0.351 e. The summed E-state index contributed by atoms with van der Waals surface area (Å²) in [6.07, 6.45) is 1.59. The summed E-state index contributed by atoms with van der Waals surface area (Å²) in [4.78, 5) is 21.5. The molecular weight excluding hydrogens is 206 g/mol. The van der Waals surface area contributed by atoms with Crippen molar-refractivity contribution in [2.45, 2.75) is 0 Å². The molecule has 14 heavy (non-hydrogen) atoms. The van der Waals surface area contributed by atoms with Gasteiger partial charge in [-0.1, -0.05) is 0 Å². The molecule has 0 saturated carbocycles. The maximum Gasteiger partial charge on any atom is 0.351 e. The van der Waals surface area contributed by atoms with E-state index in [1.54, 1.807) is 12.3 Å². The number of primary amides is 1. The minimum atomic E-state index is -0.842. The van der Waals surface area contributed by atoms with Gasteiger partial charge in [0.25, 0.3) is 0 Å². The van der Waals surface area contributed by atoms with Crippen LogP contribution >= 0.6 is 11.8 Å². The van der Waals surface area contributed by atoms with E-state index in [0.29, 0.717) is 0 Å². The summed E-state index contributed by atoms with van der Waals surface area (Å²) >= 11 is 1.02. The summed E-state index contributed by atoms with van der Waals surface area (Å²) in [5.41, 5.74) is 4.57. The average Bonchev–Trinajstić information content (AvgIpc) is 2.16. The predicted molar refractivity (Wildman–Crippen MR) is 50.9 cm³/mol. The van der Waals surface area contributed by atoms with E-state index in [9.17, 15) is 9.59 Å². The number of nitriles is 1. The van der Waals surface area contributed by atoms with Gasteiger partial charge in [-0.2, -0.15) is 5.26 Å². The highest BCUT2D eigenvalue weighted by atomic mass is 32.2. The fourth-order valence-corrected chi connectivity index (χ4v) is 1.15. The number of thioether (sulfide) groups is 1. The van der Waals surface area contributed by atoms with Crippen LogP contribution in [0.25, 0.3) is 0 Å². The van der Waals surface area contributed by atoms with Crippen LogP contribution in [0.2, 0.25) is 0 Å². The molecule has 0 aromatic heterocycles. The standard InChI is InChI=1S/C7H9N3O3S/c1-13-6(11)4(3-8)5(14-2)10-7(9)12/h1-2H3,(H3,9,10,12). The number of carbonyl (C=O) groups excluding carboxylic acids is 2. The second-order valence-corrected chi connectivity index (χ2v) is 2.82. The molecule has 0 aliphatic rings. The van der Waals surface area contributed by atoms with Crippen LogP contribution in [0.3, 0.4) is 0 Å². The lowest BCUT2D eigenvalue weighted by Gasteiger charge is -2.05. The minimum Gasteiger partial charge on any atom is -0.465 e. The number of nitrogens with two attached hydrogens (primary N) is 1. The first kappa shape index (κ1) is 12.3. The van der Waals surface area contributed by atoms with Gasteiger partial charge in [0, 0.05) is 0 Å². The molecule has 0 fully saturated rings. The molecule has 6 nitrogen and oxygen atoms in total. The highest BCUT2D eigenvalue weighted by Gasteiger charge is 2.16. The first-order valence-electron chi connectivity index (χ1n) is 3.40. The monoisotopic (exact) mass is 215 g/mol. The van der Waals surface area contributed by atoms with Crippen LogP contribution in [0.4, 0.5) is 4.79 Å². The molecule has 0 rings (SSSR count). The van der Waals surface area contributed by atoms with E-state index in [1.165, 1.54) is 0 Å². The molecule has 2 amide bonds. The van der Waals surface area contributed by atoms with Gasteiger partial charge in [0.15, 0.2) is 5.57 Å². The van der Waals surface area contributed by atoms with Crippen molar-refractivity contribution in [3.63, 3.8) is 0 Å². The number of esters is 1. The lowest BCUT2D eigenvalue weighted by molar-refractivity contribution is -0.135. The van der Waals surface area contributed by atoms with Crippen molar-refractivity contribution < 1.29 is 14.3 Å². The number of ether oxygens (including phenoxy) is 1. The SMILES string of the molecule is COC(=O)C(C#N)=C(NC(N)=O)SC. The maximum atomic E-state index is 11.0. The summed E-state index contributed by atoms with van der Waals surface area (Å²) < 4.78 is 4.34. The van der Waals surface area contributed by atoms with Crippen LogP contribution < -0.4 is 11.1 Å². The van der Waals surface area contributed by atoms with Gasteiger partial charge in [0.05, 0.1) is 7.11 Å². The lowest BCUT2D eigenvalue weighted by Crippen LogP contribution is -2.29. The van der Waals surface area contributed by atoms with Crippen molar-refractivity contribution in [3.05, 3.63) is 10.6 Å². The molecule has 0 aliphatic carbocycles. The van der Waals surface area contributed by atoms with Gasteiger partial charge in [-0.15, -0.1) is 11.8 Å². The van der Waals surface area contributed by atoms with Crippen molar-refractivity contribution in [1.82, 2.24) is 5.32 Å². The van der Waals surface area contributed by atoms with E-state index in [4.69, 9.17) is 11.0 Å². The van der Waals surface area contributed by atoms with Gasteiger partial charge in [0.2, 0.25) is 0 Å². The highest BCUT2D eigenvalue weighted by molar-refractivity contribution is 8.02. The summed E-state index contributed by atoms with van der Waals surface area (Å²) in [6.45, 7) is 0. The Morgan fingerprint density at radius 2 is 2.14 bits per heavy atom. The Labute approximate surface area is 85.1 Å². The number of amides is 2. The third-order valence-electron chi connectivity index (χ3n) is 1.17. The molecule has 0 aliphatic heterocycles. The maximum absolute atomic E-state index is 11.0. The summed E-state index contributed by atoms with van der Waals surface area (Å²) in [6, 6.07) is 0.781. The Bertz CT molecular complexity index is 319. The fraction of sp³-hybridized carbons (Fsp3) is 0.286. The zero-order valence-corrected chi connectivity index (χ0v) is 8.47. The summed E-state index contributed by atoms with van der Waals surface area (Å²) in [5, 5.41) is 10.9. The Kier molecular flexibility index (Phi) is 5.17. The number of hydrogen-bond acceptors (Lipinski definition) is 5. The number of urea groups is 1. The molecule has 0 bridgehead atoms. The molecule has 0 saturated heterocycles. The number of hydrogen-bond donors (Lipinski definition) is 2. The first-order chi connectivity index (χ1) is 6.56. The Morgan fingerprint density at radius 3 is 2.43 bits per heavy atom. The number of nitrogens with one attached hydrogen (secondary N) is 1. The normalized spacial score (nSPS) is 10.9. The molecule has 0 aromatic carbocycles. The van der Waals surface area contributed by atoms with E-state index >= 15 is 0 Å². The molecule has 0 unspecified atom stereocenters. The second-order valence-electron chi connectivity index (χ2n) is 2.00. The average molecular weight is 215 g/mol. The van der Waals surface area contributed by atoms with E-state index < -0.39 is 12.0 Å². The minimum absolute atomic E-state index is 0.0758. The quantitative estimate of drug-likeness (QED) is 0.389. The highest BCUT2D eigenvalue weighted by Crippen LogP contribution is 2.14. The molecule has 7 heteroatoms. The van der Waals surface area contributed by atoms with Gasteiger partial charge in [-0.05, 0) is 6.26 Å². The summed E-state index contributed by atoms with van der Waals surface area (Å²) in [5.74, 6) is -0.814. The van der Waals surface area contributed by atoms with Gasteiger partial charge >= 0.3 is 12.0 Å². The Balaban J connectivity index is 5.03. The fourth-order valence-electron chi connectivity index (χ4n) is 0.619. The van der Waals surface area contributed by atoms with Crippen molar-refractivity contribution >= 4 is 23.8 Å². The third kappa shape index (κ3) is 3.37. The molecule has 76 valence electrons. The molecule has 0 heterocycles. The topological polar surface area (TPSA) is 105 Å². The Hall–Kier alpha value is -1.68. The number of methoxy groups -OCH3 is 1. The molecule has 0 atom stereocenters. The van der Waals surface area contributed by atoms with Gasteiger partial charge < -0.3 is 15.8 Å². The molecule has 3 N–H and O–H groups in total. The van der Waals surface area contributed by atoms with Gasteiger partial charge in [-0.25, -0.2) is 9.59 Å².